The minimum atomic E-state index is -0.242. The zero-order valence-corrected chi connectivity index (χ0v) is 14.7. The van der Waals surface area contributed by atoms with Crippen LogP contribution in [0, 0.1) is 0 Å². The Morgan fingerprint density at radius 2 is 2.33 bits per heavy atom. The van der Waals surface area contributed by atoms with Gasteiger partial charge in [0.15, 0.2) is 5.82 Å². The third kappa shape index (κ3) is 2.98. The number of rotatable bonds is 3. The Bertz CT molecular complexity index is 715. The molecular formula is C17H22N4O2S. The molecular weight excluding hydrogens is 324 g/mol. The fourth-order valence-electron chi connectivity index (χ4n) is 3.35. The van der Waals surface area contributed by atoms with Crippen LogP contribution in [-0.2, 0) is 24.0 Å². The van der Waals surface area contributed by atoms with E-state index in [0.29, 0.717) is 25.5 Å². The monoisotopic (exact) mass is 346 g/mol. The van der Waals surface area contributed by atoms with Gasteiger partial charge in [-0.05, 0) is 37.3 Å². The van der Waals surface area contributed by atoms with E-state index in [1.807, 2.05) is 11.8 Å². The van der Waals surface area contributed by atoms with Gasteiger partial charge in [-0.3, -0.25) is 9.89 Å². The van der Waals surface area contributed by atoms with E-state index < -0.39 is 0 Å². The highest BCUT2D eigenvalue weighted by Crippen LogP contribution is 2.31. The zero-order chi connectivity index (χ0) is 16.5. The first-order valence-electron chi connectivity index (χ1n) is 8.68. The number of morpholine rings is 1. The van der Waals surface area contributed by atoms with Crippen LogP contribution in [0.3, 0.4) is 0 Å². The van der Waals surface area contributed by atoms with Crippen molar-refractivity contribution in [2.24, 2.45) is 0 Å². The van der Waals surface area contributed by atoms with Gasteiger partial charge in [0.05, 0.1) is 18.0 Å². The Hall–Kier alpha value is -1.73. The summed E-state index contributed by atoms with van der Waals surface area (Å²) in [7, 11) is 0. The van der Waals surface area contributed by atoms with Crippen LogP contribution in [0.5, 0.6) is 0 Å². The van der Waals surface area contributed by atoms with E-state index in [1.165, 1.54) is 23.3 Å². The number of aromatic nitrogens is 3. The molecule has 4 rings (SSSR count). The number of carbonyl (C=O) groups is 1. The highest BCUT2D eigenvalue weighted by Gasteiger charge is 2.30. The summed E-state index contributed by atoms with van der Waals surface area (Å²) in [6.45, 7) is 3.70. The molecule has 0 radical (unpaired) electrons. The van der Waals surface area contributed by atoms with Crippen molar-refractivity contribution in [1.82, 2.24) is 20.1 Å². The highest BCUT2D eigenvalue weighted by atomic mass is 32.1. The smallest absolute Gasteiger partial charge is 0.264 e. The summed E-state index contributed by atoms with van der Waals surface area (Å²) in [5.41, 5.74) is 1.38. The molecule has 0 bridgehead atoms. The van der Waals surface area contributed by atoms with Crippen LogP contribution in [-0.4, -0.2) is 45.7 Å². The van der Waals surface area contributed by atoms with Crippen LogP contribution >= 0.6 is 11.3 Å². The fourth-order valence-corrected chi connectivity index (χ4v) is 4.58. The quantitative estimate of drug-likeness (QED) is 0.927. The van der Waals surface area contributed by atoms with Crippen molar-refractivity contribution in [1.29, 1.82) is 0 Å². The minimum absolute atomic E-state index is 0.119. The van der Waals surface area contributed by atoms with E-state index in [0.717, 1.165) is 30.0 Å². The standard InChI is InChI=1S/C17H22N4O2S/c1-2-15-18-16(20-19-15)12-10-21(7-8-23-12)17(22)14-9-11-5-3-4-6-13(11)24-14/h9,12H,2-8,10H2,1H3,(H,18,19,20)/t12-/m1/s1. The number of carbonyl (C=O) groups excluding carboxylic acids is 1. The van der Waals surface area contributed by atoms with Gasteiger partial charge in [-0.2, -0.15) is 5.10 Å². The highest BCUT2D eigenvalue weighted by molar-refractivity contribution is 7.14. The molecule has 1 amide bonds. The van der Waals surface area contributed by atoms with Crippen LogP contribution in [0.4, 0.5) is 0 Å². The Kier molecular flexibility index (Phi) is 4.37. The summed E-state index contributed by atoms with van der Waals surface area (Å²) in [6.07, 6.45) is 5.28. The Morgan fingerprint density at radius 3 is 3.12 bits per heavy atom. The van der Waals surface area contributed by atoms with Crippen molar-refractivity contribution in [3.8, 4) is 0 Å². The maximum Gasteiger partial charge on any atom is 0.264 e. The number of amides is 1. The molecule has 1 aliphatic heterocycles. The molecule has 7 heteroatoms. The van der Waals surface area contributed by atoms with Crippen molar-refractivity contribution < 1.29 is 9.53 Å². The van der Waals surface area contributed by atoms with Crippen molar-refractivity contribution in [2.75, 3.05) is 19.7 Å². The van der Waals surface area contributed by atoms with Gasteiger partial charge in [-0.25, -0.2) is 4.98 Å². The second-order valence-corrected chi connectivity index (χ2v) is 7.51. The predicted molar refractivity (Wildman–Crippen MR) is 91.3 cm³/mol. The average Bonchev–Trinajstić information content (AvgIpc) is 3.27. The van der Waals surface area contributed by atoms with Gasteiger partial charge >= 0.3 is 0 Å². The number of ether oxygens (including phenoxy) is 1. The lowest BCUT2D eigenvalue weighted by Gasteiger charge is -2.31. The third-order valence-corrected chi connectivity index (χ3v) is 5.96. The van der Waals surface area contributed by atoms with Crippen molar-refractivity contribution >= 4 is 17.2 Å². The first kappa shape index (κ1) is 15.8. The average molecular weight is 346 g/mol. The number of hydrogen-bond donors (Lipinski definition) is 1. The molecule has 1 aliphatic carbocycles. The largest absolute Gasteiger partial charge is 0.366 e. The predicted octanol–water partition coefficient (Wildman–Crippen LogP) is 2.52. The van der Waals surface area contributed by atoms with Gasteiger partial charge in [0.25, 0.3) is 5.91 Å². The molecule has 1 atom stereocenters. The molecule has 24 heavy (non-hydrogen) atoms. The molecule has 1 N–H and O–H groups in total. The Balaban J connectivity index is 1.49. The number of thiophene rings is 1. The lowest BCUT2D eigenvalue weighted by atomic mass is 9.99. The van der Waals surface area contributed by atoms with E-state index in [1.54, 1.807) is 11.3 Å². The maximum atomic E-state index is 12.9. The summed E-state index contributed by atoms with van der Waals surface area (Å²) < 4.78 is 5.78. The summed E-state index contributed by atoms with van der Waals surface area (Å²) in [5.74, 6) is 1.62. The molecule has 6 nitrogen and oxygen atoms in total. The summed E-state index contributed by atoms with van der Waals surface area (Å²) in [4.78, 5) is 21.5. The first-order chi connectivity index (χ1) is 11.7. The van der Waals surface area contributed by atoms with E-state index in [4.69, 9.17) is 4.74 Å². The first-order valence-corrected chi connectivity index (χ1v) is 9.50. The van der Waals surface area contributed by atoms with Gasteiger partial charge in [0.1, 0.15) is 11.9 Å². The van der Waals surface area contributed by atoms with Gasteiger partial charge in [0, 0.05) is 17.8 Å². The molecule has 0 aromatic carbocycles. The number of nitrogens with zero attached hydrogens (tertiary/aromatic N) is 3. The van der Waals surface area contributed by atoms with E-state index in [9.17, 15) is 4.79 Å². The van der Waals surface area contributed by atoms with Crippen LogP contribution in [0.2, 0.25) is 0 Å². The van der Waals surface area contributed by atoms with Crippen molar-refractivity contribution in [3.05, 3.63) is 33.0 Å². The van der Waals surface area contributed by atoms with E-state index in [2.05, 4.69) is 21.2 Å². The molecule has 0 unspecified atom stereocenters. The van der Waals surface area contributed by atoms with Gasteiger partial charge < -0.3 is 9.64 Å². The summed E-state index contributed by atoms with van der Waals surface area (Å²) in [6, 6.07) is 2.11. The number of aryl methyl sites for hydroxylation is 3. The van der Waals surface area contributed by atoms with E-state index in [-0.39, 0.29) is 12.0 Å². The minimum Gasteiger partial charge on any atom is -0.366 e. The second-order valence-electron chi connectivity index (χ2n) is 6.37. The summed E-state index contributed by atoms with van der Waals surface area (Å²) in [5, 5.41) is 7.15. The number of hydrogen-bond acceptors (Lipinski definition) is 5. The summed E-state index contributed by atoms with van der Waals surface area (Å²) >= 11 is 1.67. The molecule has 2 aliphatic rings. The number of fused-ring (bicyclic) bond motifs is 1. The number of nitrogens with one attached hydrogen (secondary N) is 1. The van der Waals surface area contributed by atoms with Crippen LogP contribution < -0.4 is 0 Å². The molecule has 1 fully saturated rings. The van der Waals surface area contributed by atoms with Crippen molar-refractivity contribution in [2.45, 2.75) is 45.1 Å². The van der Waals surface area contributed by atoms with Gasteiger partial charge in [0.2, 0.25) is 0 Å². The number of H-pyrrole nitrogens is 1. The molecule has 1 saturated heterocycles. The van der Waals surface area contributed by atoms with Crippen LogP contribution in [0.15, 0.2) is 6.07 Å². The Morgan fingerprint density at radius 1 is 1.46 bits per heavy atom. The Labute approximate surface area is 145 Å². The SMILES string of the molecule is CCc1nc([C@H]2CN(C(=O)c3cc4c(s3)CCCC4)CCO2)n[nH]1. The molecule has 0 saturated carbocycles. The zero-order valence-electron chi connectivity index (χ0n) is 13.9. The third-order valence-electron chi connectivity index (χ3n) is 4.73. The van der Waals surface area contributed by atoms with Crippen LogP contribution in [0.1, 0.15) is 57.6 Å². The number of aromatic amines is 1. The molecule has 3 heterocycles. The van der Waals surface area contributed by atoms with Crippen LogP contribution in [0.25, 0.3) is 0 Å². The molecule has 0 spiro atoms. The van der Waals surface area contributed by atoms with Crippen molar-refractivity contribution in [3.63, 3.8) is 0 Å². The lowest BCUT2D eigenvalue weighted by Crippen LogP contribution is -2.42. The molecule has 2 aromatic heterocycles. The molecule has 128 valence electrons. The van der Waals surface area contributed by atoms with Gasteiger partial charge in [-0.15, -0.1) is 11.3 Å². The van der Waals surface area contributed by atoms with E-state index >= 15 is 0 Å². The normalized spacial score (nSPS) is 20.9. The second kappa shape index (κ2) is 6.64. The lowest BCUT2D eigenvalue weighted by molar-refractivity contribution is -0.0265. The maximum absolute atomic E-state index is 12.9. The molecule has 2 aromatic rings. The topological polar surface area (TPSA) is 71.1 Å². The fraction of sp³-hybridized carbons (Fsp3) is 0.588. The van der Waals surface area contributed by atoms with Gasteiger partial charge in [-0.1, -0.05) is 6.92 Å².